The molecule has 0 bridgehead atoms. The fourth-order valence-electron chi connectivity index (χ4n) is 1.42. The maximum Gasteiger partial charge on any atom is 0.222 e. The molecule has 0 radical (unpaired) electrons. The minimum atomic E-state index is 0.0187. The van der Waals surface area contributed by atoms with E-state index in [1.165, 1.54) is 5.56 Å². The molecule has 0 N–H and O–H groups in total. The Labute approximate surface area is 88.5 Å². The lowest BCUT2D eigenvalue weighted by Gasteiger charge is -2.19. The van der Waals surface area contributed by atoms with Gasteiger partial charge in [-0.1, -0.05) is 17.7 Å². The zero-order valence-corrected chi connectivity index (χ0v) is 8.95. The van der Waals surface area contributed by atoms with E-state index in [1.54, 1.807) is 0 Å². The molecule has 3 nitrogen and oxygen atoms in total. The number of anilines is 1. The van der Waals surface area contributed by atoms with Crippen LogP contribution >= 0.6 is 12.2 Å². The molecule has 1 aliphatic heterocycles. The SMILES string of the molecule is Cc1ccc(N2C(=S)N=NC2C)cc1. The van der Waals surface area contributed by atoms with Crippen LogP contribution in [0, 0.1) is 6.92 Å². The minimum Gasteiger partial charge on any atom is -0.291 e. The monoisotopic (exact) mass is 205 g/mol. The number of rotatable bonds is 1. The largest absolute Gasteiger partial charge is 0.291 e. The quantitative estimate of drug-likeness (QED) is 0.659. The van der Waals surface area contributed by atoms with E-state index >= 15 is 0 Å². The number of nitrogens with zero attached hydrogens (tertiary/aromatic N) is 3. The van der Waals surface area contributed by atoms with Crippen molar-refractivity contribution in [2.24, 2.45) is 10.2 Å². The van der Waals surface area contributed by atoms with Crippen molar-refractivity contribution in [3.63, 3.8) is 0 Å². The van der Waals surface area contributed by atoms with Crippen LogP contribution in [0.3, 0.4) is 0 Å². The van der Waals surface area contributed by atoms with Crippen molar-refractivity contribution < 1.29 is 0 Å². The van der Waals surface area contributed by atoms with Gasteiger partial charge in [-0.3, -0.25) is 4.90 Å². The molecule has 0 saturated carbocycles. The predicted molar refractivity (Wildman–Crippen MR) is 60.6 cm³/mol. The van der Waals surface area contributed by atoms with Gasteiger partial charge in [0.2, 0.25) is 5.11 Å². The summed E-state index contributed by atoms with van der Waals surface area (Å²) in [5.41, 5.74) is 2.29. The Bertz CT molecular complexity index is 383. The first-order chi connectivity index (χ1) is 6.68. The summed E-state index contributed by atoms with van der Waals surface area (Å²) in [5, 5.41) is 8.43. The molecule has 0 aromatic heterocycles. The fraction of sp³-hybridized carbons (Fsp3) is 0.300. The molecule has 0 saturated heterocycles. The molecule has 1 aliphatic rings. The molecule has 1 aromatic carbocycles. The van der Waals surface area contributed by atoms with Crippen LogP contribution in [0.5, 0.6) is 0 Å². The van der Waals surface area contributed by atoms with E-state index in [0.29, 0.717) is 5.11 Å². The highest BCUT2D eigenvalue weighted by atomic mass is 32.1. The van der Waals surface area contributed by atoms with Crippen LogP contribution in [-0.4, -0.2) is 11.3 Å². The first-order valence-electron chi connectivity index (χ1n) is 4.49. The summed E-state index contributed by atoms with van der Waals surface area (Å²) in [4.78, 5) is 1.94. The van der Waals surface area contributed by atoms with E-state index in [-0.39, 0.29) is 6.17 Å². The Balaban J connectivity index is 2.31. The Morgan fingerprint density at radius 3 is 2.43 bits per heavy atom. The standard InChI is InChI=1S/C10H11N3S/c1-7-3-5-9(6-4-7)13-8(2)11-12-10(13)14/h3-6,8H,1-2H3. The molecular weight excluding hydrogens is 194 g/mol. The molecule has 4 heteroatoms. The van der Waals surface area contributed by atoms with E-state index < -0.39 is 0 Å². The fourth-order valence-corrected chi connectivity index (χ4v) is 1.73. The van der Waals surface area contributed by atoms with Crippen molar-refractivity contribution in [2.45, 2.75) is 20.0 Å². The maximum absolute atomic E-state index is 5.10. The van der Waals surface area contributed by atoms with Gasteiger partial charge in [-0.2, -0.15) is 5.11 Å². The van der Waals surface area contributed by atoms with E-state index in [2.05, 4.69) is 29.3 Å². The second-order valence-corrected chi connectivity index (χ2v) is 3.70. The summed E-state index contributed by atoms with van der Waals surface area (Å²) in [5.74, 6) is 0. The molecular formula is C10H11N3S. The Kier molecular flexibility index (Phi) is 2.29. The number of hydrogen-bond acceptors (Lipinski definition) is 2. The summed E-state index contributed by atoms with van der Waals surface area (Å²) >= 11 is 5.10. The van der Waals surface area contributed by atoms with E-state index in [4.69, 9.17) is 12.2 Å². The lowest BCUT2D eigenvalue weighted by atomic mass is 10.2. The van der Waals surface area contributed by atoms with Gasteiger partial charge in [-0.25, -0.2) is 0 Å². The molecule has 0 fully saturated rings. The molecule has 14 heavy (non-hydrogen) atoms. The zero-order valence-electron chi connectivity index (χ0n) is 8.14. The van der Waals surface area contributed by atoms with Crippen LogP contribution in [0.15, 0.2) is 34.5 Å². The first kappa shape index (κ1) is 9.27. The van der Waals surface area contributed by atoms with Crippen molar-refractivity contribution in [3.8, 4) is 0 Å². The normalized spacial score (nSPS) is 20.6. The van der Waals surface area contributed by atoms with E-state index in [9.17, 15) is 0 Å². The number of azo groups is 1. The molecule has 0 aliphatic carbocycles. The zero-order chi connectivity index (χ0) is 10.1. The Hall–Kier alpha value is -1.29. The molecule has 72 valence electrons. The van der Waals surface area contributed by atoms with E-state index in [1.807, 2.05) is 24.0 Å². The second-order valence-electron chi connectivity index (χ2n) is 3.34. The van der Waals surface area contributed by atoms with Crippen molar-refractivity contribution in [3.05, 3.63) is 29.8 Å². The van der Waals surface area contributed by atoms with Gasteiger partial charge in [-0.15, -0.1) is 5.11 Å². The van der Waals surface area contributed by atoms with Crippen molar-refractivity contribution in [1.29, 1.82) is 0 Å². The third kappa shape index (κ3) is 1.53. The maximum atomic E-state index is 5.10. The highest BCUT2D eigenvalue weighted by Crippen LogP contribution is 2.23. The molecule has 0 spiro atoms. The van der Waals surface area contributed by atoms with Gasteiger partial charge in [0.25, 0.3) is 0 Å². The van der Waals surface area contributed by atoms with Crippen molar-refractivity contribution in [2.75, 3.05) is 4.90 Å². The highest BCUT2D eigenvalue weighted by molar-refractivity contribution is 7.80. The number of hydrogen-bond donors (Lipinski definition) is 0. The van der Waals surface area contributed by atoms with Gasteiger partial charge in [0.1, 0.15) is 6.17 Å². The summed E-state index contributed by atoms with van der Waals surface area (Å²) in [6, 6.07) is 8.19. The number of thiocarbonyl (C=S) groups is 1. The van der Waals surface area contributed by atoms with Crippen LogP contribution in [0.25, 0.3) is 0 Å². The molecule has 1 heterocycles. The predicted octanol–water partition coefficient (Wildman–Crippen LogP) is 2.90. The molecule has 2 rings (SSSR count). The average molecular weight is 205 g/mol. The molecule has 0 amide bonds. The van der Waals surface area contributed by atoms with Gasteiger partial charge in [-0.05, 0) is 38.2 Å². The average Bonchev–Trinajstić information content (AvgIpc) is 2.49. The van der Waals surface area contributed by atoms with Gasteiger partial charge < -0.3 is 0 Å². The smallest absolute Gasteiger partial charge is 0.222 e. The van der Waals surface area contributed by atoms with Crippen LogP contribution in [0.4, 0.5) is 5.69 Å². The highest BCUT2D eigenvalue weighted by Gasteiger charge is 2.23. The number of aryl methyl sites for hydroxylation is 1. The third-order valence-corrected chi connectivity index (χ3v) is 2.48. The van der Waals surface area contributed by atoms with Gasteiger partial charge in [0, 0.05) is 5.69 Å². The lowest BCUT2D eigenvalue weighted by Crippen LogP contribution is -2.30. The second kappa shape index (κ2) is 3.46. The molecule has 1 aromatic rings. The Morgan fingerprint density at radius 1 is 1.29 bits per heavy atom. The first-order valence-corrected chi connectivity index (χ1v) is 4.90. The summed E-state index contributed by atoms with van der Waals surface area (Å²) < 4.78 is 0. The third-order valence-electron chi connectivity index (χ3n) is 2.20. The van der Waals surface area contributed by atoms with Crippen molar-refractivity contribution in [1.82, 2.24) is 0 Å². The number of benzene rings is 1. The summed E-state index contributed by atoms with van der Waals surface area (Å²) in [7, 11) is 0. The van der Waals surface area contributed by atoms with Crippen LogP contribution in [-0.2, 0) is 0 Å². The lowest BCUT2D eigenvalue weighted by molar-refractivity contribution is 0.781. The van der Waals surface area contributed by atoms with Crippen LogP contribution in [0.1, 0.15) is 12.5 Å². The minimum absolute atomic E-state index is 0.0187. The Morgan fingerprint density at radius 2 is 1.93 bits per heavy atom. The van der Waals surface area contributed by atoms with Crippen LogP contribution < -0.4 is 4.90 Å². The topological polar surface area (TPSA) is 28.0 Å². The summed E-state index contributed by atoms with van der Waals surface area (Å²) in [6.45, 7) is 4.03. The van der Waals surface area contributed by atoms with Gasteiger partial charge in [0.15, 0.2) is 0 Å². The molecule has 1 unspecified atom stereocenters. The van der Waals surface area contributed by atoms with Crippen LogP contribution in [0.2, 0.25) is 0 Å². The molecule has 1 atom stereocenters. The van der Waals surface area contributed by atoms with Gasteiger partial charge in [0.05, 0.1) is 0 Å². The van der Waals surface area contributed by atoms with Gasteiger partial charge >= 0.3 is 0 Å². The van der Waals surface area contributed by atoms with Crippen molar-refractivity contribution >= 4 is 23.0 Å². The summed E-state index contributed by atoms with van der Waals surface area (Å²) in [6.07, 6.45) is 0.0187. The van der Waals surface area contributed by atoms with E-state index in [0.717, 1.165) is 5.69 Å².